The predicted molar refractivity (Wildman–Crippen MR) is 185 cm³/mol. The number of thiazole rings is 1. The lowest BCUT2D eigenvalue weighted by Gasteiger charge is -2.27. The number of nitrogens with zero attached hydrogens (tertiary/aromatic N) is 2. The molecule has 1 aromatic heterocycles. The molecular formula is C36H39F3N4O5S. The van der Waals surface area contributed by atoms with Crippen molar-refractivity contribution in [3.05, 3.63) is 94.5 Å². The third-order valence-electron chi connectivity index (χ3n) is 6.74. The molecule has 49 heavy (non-hydrogen) atoms. The lowest BCUT2D eigenvalue weighted by atomic mass is 9.96. The summed E-state index contributed by atoms with van der Waals surface area (Å²) in [6.07, 6.45) is -5.31. The summed E-state index contributed by atoms with van der Waals surface area (Å²) < 4.78 is 50.3. The Bertz CT molecular complexity index is 1790. The quantitative estimate of drug-likeness (QED) is 0.190. The SMILES string of the molecule is Cc1ccc(-c2ccc(C(F)(F)F)cc2)c(C(=O)Nc2ccc(N(CCc3csc(NC(=O)OC(C)(C)C)n3)C(=O)OC(C)(C)C)cc2)c1. The highest BCUT2D eigenvalue weighted by molar-refractivity contribution is 7.13. The Labute approximate surface area is 287 Å². The van der Waals surface area contributed by atoms with Gasteiger partial charge in [-0.1, -0.05) is 29.8 Å². The highest BCUT2D eigenvalue weighted by atomic mass is 32.1. The van der Waals surface area contributed by atoms with Crippen LogP contribution in [-0.2, 0) is 22.1 Å². The van der Waals surface area contributed by atoms with Gasteiger partial charge < -0.3 is 14.8 Å². The molecule has 0 saturated heterocycles. The maximum Gasteiger partial charge on any atom is 0.416 e. The van der Waals surface area contributed by atoms with Gasteiger partial charge in [0.1, 0.15) is 11.2 Å². The molecule has 260 valence electrons. The Morgan fingerprint density at radius 2 is 1.47 bits per heavy atom. The van der Waals surface area contributed by atoms with Gasteiger partial charge in [0, 0.05) is 35.3 Å². The van der Waals surface area contributed by atoms with Crippen molar-refractivity contribution in [3.63, 3.8) is 0 Å². The maximum atomic E-state index is 13.5. The fraction of sp³-hybridized carbons (Fsp3) is 0.333. The third kappa shape index (κ3) is 10.8. The molecule has 0 aliphatic carbocycles. The largest absolute Gasteiger partial charge is 0.444 e. The summed E-state index contributed by atoms with van der Waals surface area (Å²) in [5.41, 5.74) is 1.45. The van der Waals surface area contributed by atoms with E-state index in [9.17, 15) is 27.6 Å². The van der Waals surface area contributed by atoms with Crippen molar-refractivity contribution >= 4 is 45.9 Å². The molecule has 2 N–H and O–H groups in total. The third-order valence-corrected chi connectivity index (χ3v) is 7.55. The van der Waals surface area contributed by atoms with E-state index in [1.54, 1.807) is 89.4 Å². The van der Waals surface area contributed by atoms with Gasteiger partial charge >= 0.3 is 18.4 Å². The number of amides is 3. The molecule has 0 fully saturated rings. The number of nitrogens with one attached hydrogen (secondary N) is 2. The van der Waals surface area contributed by atoms with E-state index in [-0.39, 0.29) is 6.54 Å². The molecule has 0 saturated carbocycles. The van der Waals surface area contributed by atoms with Crippen LogP contribution in [0.2, 0.25) is 0 Å². The zero-order valence-electron chi connectivity index (χ0n) is 28.3. The molecule has 9 nitrogen and oxygen atoms in total. The van der Waals surface area contributed by atoms with E-state index >= 15 is 0 Å². The summed E-state index contributed by atoms with van der Waals surface area (Å²) in [4.78, 5) is 44.7. The van der Waals surface area contributed by atoms with Crippen LogP contribution in [0.5, 0.6) is 0 Å². The van der Waals surface area contributed by atoms with Crippen molar-refractivity contribution in [3.8, 4) is 11.1 Å². The predicted octanol–water partition coefficient (Wildman–Crippen LogP) is 9.72. The van der Waals surface area contributed by atoms with Crippen LogP contribution in [0.4, 0.5) is 39.3 Å². The number of carbonyl (C=O) groups is 3. The molecular weight excluding hydrogens is 657 g/mol. The van der Waals surface area contributed by atoms with E-state index in [4.69, 9.17) is 9.47 Å². The van der Waals surface area contributed by atoms with Gasteiger partial charge in [0.15, 0.2) is 5.13 Å². The zero-order valence-corrected chi connectivity index (χ0v) is 29.1. The van der Waals surface area contributed by atoms with Crippen molar-refractivity contribution in [2.75, 3.05) is 22.1 Å². The lowest BCUT2D eigenvalue weighted by molar-refractivity contribution is -0.137. The summed E-state index contributed by atoms with van der Waals surface area (Å²) in [6, 6.07) is 16.4. The molecule has 0 unspecified atom stereocenters. The van der Waals surface area contributed by atoms with Crippen LogP contribution in [0.15, 0.2) is 72.1 Å². The number of aryl methyl sites for hydroxylation is 1. The topological polar surface area (TPSA) is 110 Å². The van der Waals surface area contributed by atoms with Crippen LogP contribution >= 0.6 is 11.3 Å². The van der Waals surface area contributed by atoms with E-state index in [0.717, 1.165) is 17.7 Å². The van der Waals surface area contributed by atoms with Gasteiger partial charge in [0.2, 0.25) is 0 Å². The summed E-state index contributed by atoms with van der Waals surface area (Å²) in [6.45, 7) is 12.6. The normalized spacial score (nSPS) is 11.9. The van der Waals surface area contributed by atoms with E-state index in [0.29, 0.717) is 45.3 Å². The molecule has 4 rings (SSSR count). The highest BCUT2D eigenvalue weighted by Crippen LogP contribution is 2.33. The van der Waals surface area contributed by atoms with Crippen molar-refractivity contribution in [2.45, 2.75) is 72.3 Å². The minimum absolute atomic E-state index is 0.204. The van der Waals surface area contributed by atoms with Crippen LogP contribution in [0.3, 0.4) is 0 Å². The summed E-state index contributed by atoms with van der Waals surface area (Å²) in [5, 5.41) is 7.61. The fourth-order valence-corrected chi connectivity index (χ4v) is 5.33. The van der Waals surface area contributed by atoms with Gasteiger partial charge in [-0.3, -0.25) is 15.0 Å². The van der Waals surface area contributed by atoms with Gasteiger partial charge in [0.25, 0.3) is 5.91 Å². The van der Waals surface area contributed by atoms with E-state index in [1.807, 2.05) is 6.92 Å². The molecule has 1 heterocycles. The molecule has 0 aliphatic rings. The smallest absolute Gasteiger partial charge is 0.416 e. The van der Waals surface area contributed by atoms with E-state index in [1.165, 1.54) is 28.4 Å². The molecule has 13 heteroatoms. The van der Waals surface area contributed by atoms with Crippen LogP contribution in [0.25, 0.3) is 11.1 Å². The molecule has 0 spiro atoms. The van der Waals surface area contributed by atoms with Crippen molar-refractivity contribution in [1.29, 1.82) is 0 Å². The second-order valence-corrected chi connectivity index (χ2v) is 14.1. The van der Waals surface area contributed by atoms with Crippen molar-refractivity contribution in [2.24, 2.45) is 0 Å². The van der Waals surface area contributed by atoms with Crippen LogP contribution < -0.4 is 15.5 Å². The number of hydrogen-bond donors (Lipinski definition) is 2. The minimum atomic E-state index is -4.47. The number of aromatic nitrogens is 1. The molecule has 0 bridgehead atoms. The summed E-state index contributed by atoms with van der Waals surface area (Å²) in [7, 11) is 0. The van der Waals surface area contributed by atoms with Gasteiger partial charge in [0.05, 0.1) is 11.3 Å². The Balaban J connectivity index is 1.50. The zero-order chi connectivity index (χ0) is 36.1. The fourth-order valence-electron chi connectivity index (χ4n) is 4.60. The number of rotatable bonds is 8. The van der Waals surface area contributed by atoms with Gasteiger partial charge in [-0.15, -0.1) is 11.3 Å². The van der Waals surface area contributed by atoms with Crippen LogP contribution in [-0.4, -0.2) is 40.8 Å². The van der Waals surface area contributed by atoms with E-state index in [2.05, 4.69) is 15.6 Å². The molecule has 3 aromatic carbocycles. The first-order chi connectivity index (χ1) is 22.8. The molecule has 0 radical (unpaired) electrons. The standard InChI is InChI=1S/C36H39F3N4O5S/c1-22-8-17-28(23-9-11-24(12-10-23)36(37,38)39)29(20-22)30(44)40-25-13-15-27(16-14-25)43(33(46)48-35(5,6)7)19-18-26-21-49-31(41-26)42-32(45)47-34(2,3)4/h8-17,20-21H,18-19H2,1-7H3,(H,40,44)(H,41,42,45). The molecule has 3 amide bonds. The Kier molecular flexibility index (Phi) is 11.1. The highest BCUT2D eigenvalue weighted by Gasteiger charge is 2.30. The van der Waals surface area contributed by atoms with Gasteiger partial charge in [-0.25, -0.2) is 14.6 Å². The maximum absolute atomic E-state index is 13.5. The van der Waals surface area contributed by atoms with Gasteiger partial charge in [-0.2, -0.15) is 13.2 Å². The average Bonchev–Trinajstić information content (AvgIpc) is 3.42. The van der Waals surface area contributed by atoms with Crippen LogP contribution in [0.1, 0.15) is 68.7 Å². The van der Waals surface area contributed by atoms with Crippen molar-refractivity contribution < 1.29 is 37.0 Å². The molecule has 0 atom stereocenters. The first-order valence-electron chi connectivity index (χ1n) is 15.4. The average molecular weight is 697 g/mol. The number of anilines is 3. The number of halogens is 3. The Hall–Kier alpha value is -4.91. The Morgan fingerprint density at radius 1 is 0.837 bits per heavy atom. The number of carbonyl (C=O) groups excluding carboxylic acids is 3. The Morgan fingerprint density at radius 3 is 2.06 bits per heavy atom. The second-order valence-electron chi connectivity index (χ2n) is 13.3. The number of ether oxygens (including phenoxy) is 2. The number of alkyl halides is 3. The lowest BCUT2D eigenvalue weighted by Crippen LogP contribution is -2.38. The summed E-state index contributed by atoms with van der Waals surface area (Å²) >= 11 is 1.23. The monoisotopic (exact) mass is 696 g/mol. The van der Waals surface area contributed by atoms with Crippen LogP contribution in [0, 0.1) is 6.92 Å². The summed E-state index contributed by atoms with van der Waals surface area (Å²) in [5.74, 6) is -0.449. The minimum Gasteiger partial charge on any atom is -0.444 e. The van der Waals surface area contributed by atoms with E-state index < -0.39 is 41.0 Å². The second kappa shape index (κ2) is 14.7. The van der Waals surface area contributed by atoms with Crippen molar-refractivity contribution in [1.82, 2.24) is 4.98 Å². The first-order valence-corrected chi connectivity index (χ1v) is 16.3. The number of hydrogen-bond acceptors (Lipinski definition) is 7. The number of benzene rings is 3. The first kappa shape index (κ1) is 36.9. The molecule has 0 aliphatic heterocycles. The van der Waals surface area contributed by atoms with Gasteiger partial charge in [-0.05, 0) is 102 Å². The molecule has 4 aromatic rings.